The van der Waals surface area contributed by atoms with Gasteiger partial charge >= 0.3 is 0 Å². The van der Waals surface area contributed by atoms with Crippen molar-refractivity contribution >= 4 is 8.07 Å². The zero-order valence-electron chi connectivity index (χ0n) is 10.2. The van der Waals surface area contributed by atoms with Crippen LogP contribution in [0.3, 0.4) is 0 Å². The van der Waals surface area contributed by atoms with Crippen LogP contribution in [-0.4, -0.2) is 27.6 Å². The first kappa shape index (κ1) is 12.2. The Bertz CT molecular complexity index is 184. The van der Waals surface area contributed by atoms with Crippen LogP contribution in [0.25, 0.3) is 0 Å². The monoisotopic (exact) mass is 216 g/mol. The minimum atomic E-state index is -0.925. The third-order valence-electron chi connectivity index (χ3n) is 2.85. The lowest BCUT2D eigenvalue weighted by Gasteiger charge is -2.39. The first-order valence-electron chi connectivity index (χ1n) is 5.51. The number of ether oxygens (including phenoxy) is 2. The fourth-order valence-electron chi connectivity index (χ4n) is 1.79. The largest absolute Gasteiger partial charge is 0.355 e. The summed E-state index contributed by atoms with van der Waals surface area (Å²) in [6, 6.07) is 1.35. The molecule has 0 aliphatic carbocycles. The Balaban J connectivity index is 2.42. The van der Waals surface area contributed by atoms with Gasteiger partial charge in [-0.1, -0.05) is 39.5 Å². The van der Waals surface area contributed by atoms with Crippen molar-refractivity contribution in [2.45, 2.75) is 52.1 Å². The lowest BCUT2D eigenvalue weighted by molar-refractivity contribution is -0.199. The van der Waals surface area contributed by atoms with Gasteiger partial charge in [-0.2, -0.15) is 0 Å². The second-order valence-corrected chi connectivity index (χ2v) is 11.8. The molecule has 14 heavy (non-hydrogen) atoms. The summed E-state index contributed by atoms with van der Waals surface area (Å²) in [6.45, 7) is 13.0. The molecule has 84 valence electrons. The molecule has 1 rings (SSSR count). The van der Waals surface area contributed by atoms with E-state index in [0.717, 1.165) is 6.61 Å². The van der Waals surface area contributed by atoms with Crippen LogP contribution < -0.4 is 0 Å². The summed E-state index contributed by atoms with van der Waals surface area (Å²) in [4.78, 5) is 0. The standard InChI is InChI=1S/C11H24O2Si/c1-11(2)8-12-9-13-10(11)6-7-14(3,4)5/h10H,6-9H2,1-5H3. The molecule has 0 aromatic carbocycles. The summed E-state index contributed by atoms with van der Waals surface area (Å²) >= 11 is 0. The molecular formula is C11H24O2Si. The molecule has 1 atom stereocenters. The molecule has 0 spiro atoms. The molecule has 0 radical (unpaired) electrons. The first-order chi connectivity index (χ1) is 6.31. The predicted molar refractivity (Wildman–Crippen MR) is 62.2 cm³/mol. The first-order valence-corrected chi connectivity index (χ1v) is 9.21. The maximum atomic E-state index is 5.69. The predicted octanol–water partition coefficient (Wildman–Crippen LogP) is 3.11. The van der Waals surface area contributed by atoms with Crippen LogP contribution in [0, 0.1) is 5.41 Å². The molecule has 0 bridgehead atoms. The number of hydrogen-bond donors (Lipinski definition) is 0. The summed E-state index contributed by atoms with van der Waals surface area (Å²) in [7, 11) is -0.925. The van der Waals surface area contributed by atoms with Crippen LogP contribution in [0.2, 0.25) is 25.7 Å². The average molecular weight is 216 g/mol. The minimum Gasteiger partial charge on any atom is -0.355 e. The molecule has 0 amide bonds. The van der Waals surface area contributed by atoms with Crippen molar-refractivity contribution < 1.29 is 9.47 Å². The van der Waals surface area contributed by atoms with E-state index in [1.807, 2.05) is 0 Å². The fraction of sp³-hybridized carbons (Fsp3) is 1.00. The van der Waals surface area contributed by atoms with E-state index >= 15 is 0 Å². The summed E-state index contributed by atoms with van der Waals surface area (Å²) in [5, 5.41) is 0. The number of rotatable bonds is 3. The maximum absolute atomic E-state index is 5.69. The molecule has 1 saturated heterocycles. The highest BCUT2D eigenvalue weighted by Gasteiger charge is 2.34. The molecule has 2 nitrogen and oxygen atoms in total. The van der Waals surface area contributed by atoms with Gasteiger partial charge in [0.1, 0.15) is 6.79 Å². The van der Waals surface area contributed by atoms with Gasteiger partial charge in [-0.05, 0) is 6.42 Å². The molecule has 0 N–H and O–H groups in total. The summed E-state index contributed by atoms with van der Waals surface area (Å²) in [5.41, 5.74) is 0.192. The van der Waals surface area contributed by atoms with E-state index < -0.39 is 8.07 Å². The Morgan fingerprint density at radius 3 is 2.43 bits per heavy atom. The van der Waals surface area contributed by atoms with Crippen LogP contribution in [0.15, 0.2) is 0 Å². The second-order valence-electron chi connectivity index (χ2n) is 6.21. The normalized spacial score (nSPS) is 27.6. The zero-order valence-corrected chi connectivity index (χ0v) is 11.2. The molecule has 3 heteroatoms. The average Bonchev–Trinajstić information content (AvgIpc) is 2.00. The van der Waals surface area contributed by atoms with Crippen LogP contribution in [0.4, 0.5) is 0 Å². The third kappa shape index (κ3) is 3.71. The van der Waals surface area contributed by atoms with Crippen LogP contribution in [0.1, 0.15) is 20.3 Å². The van der Waals surface area contributed by atoms with Gasteiger partial charge in [-0.3, -0.25) is 0 Å². The van der Waals surface area contributed by atoms with E-state index in [-0.39, 0.29) is 5.41 Å². The zero-order chi connectivity index (χ0) is 10.8. The van der Waals surface area contributed by atoms with E-state index in [4.69, 9.17) is 9.47 Å². The topological polar surface area (TPSA) is 18.5 Å². The van der Waals surface area contributed by atoms with Gasteiger partial charge in [-0.15, -0.1) is 0 Å². The Kier molecular flexibility index (Phi) is 3.78. The Labute approximate surface area is 89.0 Å². The van der Waals surface area contributed by atoms with E-state index in [0.29, 0.717) is 12.9 Å². The van der Waals surface area contributed by atoms with Crippen molar-refractivity contribution in [1.82, 2.24) is 0 Å². The van der Waals surface area contributed by atoms with E-state index in [2.05, 4.69) is 33.5 Å². The SMILES string of the molecule is CC1(C)COCOC1CC[Si](C)(C)C. The highest BCUT2D eigenvalue weighted by molar-refractivity contribution is 6.76. The molecule has 0 aromatic heterocycles. The molecule has 0 aromatic rings. The van der Waals surface area contributed by atoms with Crippen LogP contribution in [0.5, 0.6) is 0 Å². The van der Waals surface area contributed by atoms with Gasteiger partial charge in [0, 0.05) is 13.5 Å². The second kappa shape index (κ2) is 4.33. The third-order valence-corrected chi connectivity index (χ3v) is 4.64. The molecular weight excluding hydrogens is 192 g/mol. The lowest BCUT2D eigenvalue weighted by Crippen LogP contribution is -2.42. The maximum Gasteiger partial charge on any atom is 0.147 e. The molecule has 1 aliphatic rings. The quantitative estimate of drug-likeness (QED) is 0.675. The van der Waals surface area contributed by atoms with Gasteiger partial charge < -0.3 is 9.47 Å². The molecule has 1 fully saturated rings. The van der Waals surface area contributed by atoms with Gasteiger partial charge in [0.15, 0.2) is 0 Å². The van der Waals surface area contributed by atoms with Crippen molar-refractivity contribution in [3.63, 3.8) is 0 Å². The van der Waals surface area contributed by atoms with Gasteiger partial charge in [-0.25, -0.2) is 0 Å². The van der Waals surface area contributed by atoms with Crippen LogP contribution in [-0.2, 0) is 9.47 Å². The molecule has 0 saturated carbocycles. The van der Waals surface area contributed by atoms with Crippen LogP contribution >= 0.6 is 0 Å². The lowest BCUT2D eigenvalue weighted by atomic mass is 9.85. The van der Waals surface area contributed by atoms with Gasteiger partial charge in [0.2, 0.25) is 0 Å². The van der Waals surface area contributed by atoms with Crippen molar-refractivity contribution in [2.24, 2.45) is 5.41 Å². The van der Waals surface area contributed by atoms with Gasteiger partial charge in [0.25, 0.3) is 0 Å². The Morgan fingerprint density at radius 1 is 1.29 bits per heavy atom. The van der Waals surface area contributed by atoms with E-state index in [9.17, 15) is 0 Å². The molecule has 1 heterocycles. The summed E-state index contributed by atoms with van der Waals surface area (Å²) in [5.74, 6) is 0. The summed E-state index contributed by atoms with van der Waals surface area (Å²) < 4.78 is 11.0. The van der Waals surface area contributed by atoms with Crippen molar-refractivity contribution in [3.8, 4) is 0 Å². The highest BCUT2D eigenvalue weighted by Crippen LogP contribution is 2.32. The minimum absolute atomic E-state index is 0.192. The van der Waals surface area contributed by atoms with Crippen molar-refractivity contribution in [2.75, 3.05) is 13.4 Å². The molecule has 1 aliphatic heterocycles. The van der Waals surface area contributed by atoms with Crippen molar-refractivity contribution in [3.05, 3.63) is 0 Å². The van der Waals surface area contributed by atoms with E-state index in [1.165, 1.54) is 12.5 Å². The number of hydrogen-bond acceptors (Lipinski definition) is 2. The highest BCUT2D eigenvalue weighted by atomic mass is 28.3. The molecule has 1 unspecified atom stereocenters. The van der Waals surface area contributed by atoms with E-state index in [1.54, 1.807) is 0 Å². The summed E-state index contributed by atoms with van der Waals surface area (Å²) in [6.07, 6.45) is 1.59. The van der Waals surface area contributed by atoms with Crippen molar-refractivity contribution in [1.29, 1.82) is 0 Å². The van der Waals surface area contributed by atoms with Gasteiger partial charge in [0.05, 0.1) is 12.7 Å². The smallest absolute Gasteiger partial charge is 0.147 e. The Morgan fingerprint density at radius 2 is 1.93 bits per heavy atom. The Hall–Kier alpha value is 0.137. The fourth-order valence-corrected chi connectivity index (χ4v) is 2.92.